The van der Waals surface area contributed by atoms with Gasteiger partial charge in [0, 0.05) is 17.9 Å². The Kier molecular flexibility index (Phi) is 7.42. The predicted molar refractivity (Wildman–Crippen MR) is 112 cm³/mol. The van der Waals surface area contributed by atoms with Gasteiger partial charge in [0.25, 0.3) is 10.0 Å². The summed E-state index contributed by atoms with van der Waals surface area (Å²) in [5, 5.41) is 5.88. The number of hydrogen-bond acceptors (Lipinski definition) is 5. The number of para-hydroxylation sites is 1. The lowest BCUT2D eigenvalue weighted by Gasteiger charge is -2.29. The van der Waals surface area contributed by atoms with E-state index in [0.29, 0.717) is 30.1 Å². The molecular formula is C19H24ClN3O4S. The molecule has 1 amide bonds. The minimum atomic E-state index is -3.78. The first-order valence-corrected chi connectivity index (χ1v) is 10.2. The van der Waals surface area contributed by atoms with Crippen molar-refractivity contribution >= 4 is 39.7 Å². The quantitative estimate of drug-likeness (QED) is 0.684. The zero-order chi connectivity index (χ0) is 19.4. The maximum Gasteiger partial charge on any atom is 0.262 e. The van der Waals surface area contributed by atoms with Crippen molar-refractivity contribution in [2.24, 2.45) is 0 Å². The van der Waals surface area contributed by atoms with Gasteiger partial charge in [0.15, 0.2) is 0 Å². The number of nitrogens with one attached hydrogen (secondary N) is 3. The van der Waals surface area contributed by atoms with Crippen LogP contribution >= 0.6 is 12.4 Å². The van der Waals surface area contributed by atoms with Crippen LogP contribution in [-0.2, 0) is 19.6 Å². The van der Waals surface area contributed by atoms with Gasteiger partial charge in [0.1, 0.15) is 6.04 Å². The highest BCUT2D eigenvalue weighted by Gasteiger charge is 2.28. The van der Waals surface area contributed by atoms with E-state index in [1.165, 1.54) is 6.07 Å². The Morgan fingerprint density at radius 1 is 1.14 bits per heavy atom. The summed E-state index contributed by atoms with van der Waals surface area (Å²) in [5.41, 5.74) is 1.48. The lowest BCUT2D eigenvalue weighted by atomic mass is 10.1. The molecule has 0 saturated carbocycles. The van der Waals surface area contributed by atoms with Crippen LogP contribution in [0.4, 0.5) is 11.4 Å². The molecule has 1 fully saturated rings. The third-order valence-electron chi connectivity index (χ3n) is 4.37. The van der Waals surface area contributed by atoms with E-state index >= 15 is 0 Å². The standard InChI is InChI=1S/C19H23N3O4S.ClH/c1-13-8-9-16(21-19(23)18-14(2)26-11-10-20-18)12-17(13)27(24,25)22-15-6-4-3-5-7-15;/h3-9,12,14,18,20,22H,10-11H2,1-2H3,(H,21,23);1H/t14-,18+;/m1./s1. The minimum Gasteiger partial charge on any atom is -0.375 e. The number of morpholine rings is 1. The van der Waals surface area contributed by atoms with Crippen molar-refractivity contribution in [3.8, 4) is 0 Å². The summed E-state index contributed by atoms with van der Waals surface area (Å²) < 4.78 is 33.6. The largest absolute Gasteiger partial charge is 0.375 e. The number of carbonyl (C=O) groups is 1. The summed E-state index contributed by atoms with van der Waals surface area (Å²) in [7, 11) is -3.78. The zero-order valence-corrected chi connectivity index (χ0v) is 17.3. The first-order valence-electron chi connectivity index (χ1n) is 8.71. The molecule has 2 aromatic carbocycles. The Hall–Kier alpha value is -2.13. The van der Waals surface area contributed by atoms with Crippen molar-refractivity contribution in [2.45, 2.75) is 30.9 Å². The zero-order valence-electron chi connectivity index (χ0n) is 15.6. The van der Waals surface area contributed by atoms with Gasteiger partial charge >= 0.3 is 0 Å². The lowest BCUT2D eigenvalue weighted by molar-refractivity contribution is -0.123. The monoisotopic (exact) mass is 425 g/mol. The third kappa shape index (κ3) is 5.23. The molecule has 1 heterocycles. The number of amides is 1. The van der Waals surface area contributed by atoms with Crippen LogP contribution in [0.2, 0.25) is 0 Å². The molecule has 2 aromatic rings. The Morgan fingerprint density at radius 2 is 1.86 bits per heavy atom. The molecule has 0 spiro atoms. The Bertz CT molecular complexity index is 922. The average molecular weight is 426 g/mol. The van der Waals surface area contributed by atoms with Crippen molar-refractivity contribution in [1.29, 1.82) is 0 Å². The molecule has 0 unspecified atom stereocenters. The van der Waals surface area contributed by atoms with Crippen LogP contribution in [0.1, 0.15) is 12.5 Å². The van der Waals surface area contributed by atoms with Crippen LogP contribution in [0, 0.1) is 6.92 Å². The van der Waals surface area contributed by atoms with Crippen LogP contribution in [0.25, 0.3) is 0 Å². The number of hydrogen-bond donors (Lipinski definition) is 3. The van der Waals surface area contributed by atoms with Crippen LogP contribution in [0.15, 0.2) is 53.4 Å². The normalized spacial score (nSPS) is 19.4. The van der Waals surface area contributed by atoms with E-state index in [4.69, 9.17) is 4.74 Å². The molecular weight excluding hydrogens is 402 g/mol. The summed E-state index contributed by atoms with van der Waals surface area (Å²) in [4.78, 5) is 12.6. The Balaban J connectivity index is 0.00000280. The van der Waals surface area contributed by atoms with Crippen LogP contribution in [0.3, 0.4) is 0 Å². The van der Waals surface area contributed by atoms with Gasteiger partial charge in [-0.15, -0.1) is 12.4 Å². The smallest absolute Gasteiger partial charge is 0.262 e. The van der Waals surface area contributed by atoms with E-state index in [2.05, 4.69) is 15.4 Å². The van der Waals surface area contributed by atoms with Gasteiger partial charge in [0.05, 0.1) is 17.6 Å². The van der Waals surface area contributed by atoms with E-state index in [1.807, 2.05) is 13.0 Å². The lowest BCUT2D eigenvalue weighted by Crippen LogP contribution is -2.53. The molecule has 28 heavy (non-hydrogen) atoms. The molecule has 1 aliphatic heterocycles. The number of carbonyl (C=O) groups excluding carboxylic acids is 1. The first kappa shape index (κ1) is 22.2. The molecule has 0 aliphatic carbocycles. The van der Waals surface area contributed by atoms with Crippen molar-refractivity contribution < 1.29 is 17.9 Å². The second-order valence-electron chi connectivity index (χ2n) is 6.45. The summed E-state index contributed by atoms with van der Waals surface area (Å²) in [6.07, 6.45) is -0.257. The van der Waals surface area contributed by atoms with E-state index in [9.17, 15) is 13.2 Å². The summed E-state index contributed by atoms with van der Waals surface area (Å²) in [5.74, 6) is -0.259. The number of ether oxygens (including phenoxy) is 1. The average Bonchev–Trinajstić information content (AvgIpc) is 2.64. The second kappa shape index (κ2) is 9.38. The second-order valence-corrected chi connectivity index (χ2v) is 8.10. The number of sulfonamides is 1. The highest BCUT2D eigenvalue weighted by atomic mass is 35.5. The van der Waals surface area contributed by atoms with Gasteiger partial charge in [0.2, 0.25) is 5.91 Å². The molecule has 2 atom stereocenters. The fourth-order valence-electron chi connectivity index (χ4n) is 2.93. The van der Waals surface area contributed by atoms with Crippen molar-refractivity contribution in [1.82, 2.24) is 5.32 Å². The fraction of sp³-hybridized carbons (Fsp3) is 0.316. The van der Waals surface area contributed by atoms with Gasteiger partial charge in [-0.1, -0.05) is 24.3 Å². The van der Waals surface area contributed by atoms with Crippen LogP contribution in [-0.4, -0.2) is 39.6 Å². The van der Waals surface area contributed by atoms with Crippen LogP contribution < -0.4 is 15.4 Å². The van der Waals surface area contributed by atoms with Gasteiger partial charge in [-0.3, -0.25) is 9.52 Å². The SMILES string of the molecule is Cc1ccc(NC(=O)[C@H]2NCCO[C@@H]2C)cc1S(=O)(=O)Nc1ccccc1.Cl. The molecule has 0 bridgehead atoms. The molecule has 0 radical (unpaired) electrons. The van der Waals surface area contributed by atoms with E-state index in [1.54, 1.807) is 43.3 Å². The van der Waals surface area contributed by atoms with E-state index < -0.39 is 16.1 Å². The molecule has 0 aromatic heterocycles. The van der Waals surface area contributed by atoms with Crippen LogP contribution in [0.5, 0.6) is 0 Å². The molecule has 1 aliphatic rings. The minimum absolute atomic E-state index is 0. The molecule has 1 saturated heterocycles. The maximum atomic E-state index is 12.8. The Labute approximate surface area is 171 Å². The number of halogens is 1. The predicted octanol–water partition coefficient (Wildman–Crippen LogP) is 2.53. The van der Waals surface area contributed by atoms with Crippen molar-refractivity contribution in [2.75, 3.05) is 23.2 Å². The van der Waals surface area contributed by atoms with E-state index in [-0.39, 0.29) is 29.3 Å². The van der Waals surface area contributed by atoms with Gasteiger partial charge in [-0.2, -0.15) is 0 Å². The topological polar surface area (TPSA) is 96.5 Å². The number of rotatable bonds is 5. The van der Waals surface area contributed by atoms with Gasteiger partial charge < -0.3 is 15.4 Å². The van der Waals surface area contributed by atoms with Crippen molar-refractivity contribution in [3.05, 3.63) is 54.1 Å². The number of aryl methyl sites for hydroxylation is 1. The highest BCUT2D eigenvalue weighted by molar-refractivity contribution is 7.92. The molecule has 9 heteroatoms. The third-order valence-corrected chi connectivity index (χ3v) is 5.89. The first-order chi connectivity index (χ1) is 12.9. The van der Waals surface area contributed by atoms with Gasteiger partial charge in [-0.05, 0) is 43.7 Å². The number of benzene rings is 2. The van der Waals surface area contributed by atoms with E-state index in [0.717, 1.165) is 0 Å². The molecule has 3 rings (SSSR count). The van der Waals surface area contributed by atoms with Gasteiger partial charge in [-0.25, -0.2) is 8.42 Å². The summed E-state index contributed by atoms with van der Waals surface area (Å²) in [6, 6.07) is 13.0. The summed E-state index contributed by atoms with van der Waals surface area (Å²) in [6.45, 7) is 4.69. The Morgan fingerprint density at radius 3 is 2.54 bits per heavy atom. The molecule has 152 valence electrons. The maximum absolute atomic E-state index is 12.8. The molecule has 3 N–H and O–H groups in total. The fourth-order valence-corrected chi connectivity index (χ4v) is 4.26. The summed E-state index contributed by atoms with van der Waals surface area (Å²) >= 11 is 0. The molecule has 7 nitrogen and oxygen atoms in total. The van der Waals surface area contributed by atoms with Crippen molar-refractivity contribution in [3.63, 3.8) is 0 Å². The number of anilines is 2. The highest BCUT2D eigenvalue weighted by Crippen LogP contribution is 2.23.